The normalized spacial score (nSPS) is 24.9. The number of rotatable bonds is 12. The van der Waals surface area contributed by atoms with Gasteiger partial charge >= 0.3 is 6.09 Å². The molecule has 0 saturated heterocycles. The maximum absolute atomic E-state index is 14.4. The molecule has 2 aromatic heterocycles. The summed E-state index contributed by atoms with van der Waals surface area (Å²) < 4.78 is 12.4. The highest BCUT2D eigenvalue weighted by atomic mass is 35.5. The Hall–Kier alpha value is -6.34. The van der Waals surface area contributed by atoms with Crippen molar-refractivity contribution < 1.29 is 33.6 Å². The lowest BCUT2D eigenvalue weighted by atomic mass is 9.55. The number of ether oxygens (including phenoxy) is 2. The van der Waals surface area contributed by atoms with Gasteiger partial charge in [0.15, 0.2) is 0 Å². The molecule has 5 saturated carbocycles. The molecule has 0 radical (unpaired) electrons. The molecule has 6 aliphatic rings. The first-order valence-electron chi connectivity index (χ1n) is 24.3. The van der Waals surface area contributed by atoms with E-state index in [1.54, 1.807) is 4.90 Å². The van der Waals surface area contributed by atoms with E-state index in [-0.39, 0.29) is 42.7 Å². The minimum Gasteiger partial charge on any atom is -0.488 e. The minimum absolute atomic E-state index is 0.0689. The van der Waals surface area contributed by atoms with Crippen molar-refractivity contribution in [2.45, 2.75) is 88.6 Å². The van der Waals surface area contributed by atoms with Crippen LogP contribution in [0.25, 0.3) is 32.6 Å². The molecule has 13 rings (SSSR count). The number of fused-ring (bicyclic) bond motifs is 5. The Morgan fingerprint density at radius 1 is 0.676 bits per heavy atom. The fourth-order valence-corrected chi connectivity index (χ4v) is 12.6. The van der Waals surface area contributed by atoms with Gasteiger partial charge in [-0.05, 0) is 140 Å². The van der Waals surface area contributed by atoms with E-state index in [1.165, 1.54) is 32.1 Å². The maximum atomic E-state index is 14.4. The van der Waals surface area contributed by atoms with Crippen LogP contribution >= 0.6 is 11.6 Å². The molecule has 348 valence electrons. The molecule has 5 fully saturated rings. The van der Waals surface area contributed by atoms with Crippen LogP contribution in [-0.4, -0.2) is 58.6 Å². The van der Waals surface area contributed by atoms with Crippen LogP contribution in [0.5, 0.6) is 5.75 Å². The average Bonchev–Trinajstić information content (AvgIpc) is 4.09. The van der Waals surface area contributed by atoms with Crippen LogP contribution in [0.4, 0.5) is 21.9 Å². The molecular weight excluding hydrogens is 878 g/mol. The summed E-state index contributed by atoms with van der Waals surface area (Å²) >= 11 is 6.62. The Balaban J connectivity index is 0.687. The number of para-hydroxylation sites is 1. The van der Waals surface area contributed by atoms with E-state index in [2.05, 4.69) is 26.7 Å². The lowest BCUT2D eigenvalue weighted by Crippen LogP contribution is -2.49. The molecule has 5 aliphatic carbocycles. The van der Waals surface area contributed by atoms with Crippen molar-refractivity contribution in [3.63, 3.8) is 0 Å². The number of halogens is 1. The highest BCUT2D eigenvalue weighted by Gasteiger charge is 2.50. The number of carbonyl (C=O) groups excluding carboxylic acids is 3. The van der Waals surface area contributed by atoms with Crippen LogP contribution in [0.1, 0.15) is 95.8 Å². The minimum atomic E-state index is -0.483. The van der Waals surface area contributed by atoms with Crippen LogP contribution < -0.4 is 20.3 Å². The van der Waals surface area contributed by atoms with Gasteiger partial charge in [-0.3, -0.25) is 14.9 Å². The van der Waals surface area contributed by atoms with Crippen molar-refractivity contribution >= 4 is 79.1 Å². The Morgan fingerprint density at radius 3 is 2.18 bits per heavy atom. The number of benzene rings is 5. The molecule has 5 aromatic carbocycles. The van der Waals surface area contributed by atoms with E-state index in [9.17, 15) is 14.4 Å². The van der Waals surface area contributed by atoms with Gasteiger partial charge in [-0.1, -0.05) is 54.6 Å². The number of carbonyl (C=O) groups is 3. The number of aromatic nitrogens is 2. The van der Waals surface area contributed by atoms with E-state index < -0.39 is 6.09 Å². The summed E-state index contributed by atoms with van der Waals surface area (Å²) in [7, 11) is 0. The second kappa shape index (κ2) is 18.0. The summed E-state index contributed by atoms with van der Waals surface area (Å²) in [6, 6.07) is 34.5. The largest absolute Gasteiger partial charge is 0.488 e. The van der Waals surface area contributed by atoms with Gasteiger partial charge in [-0.2, -0.15) is 0 Å². The topological polar surface area (TPSA) is 147 Å². The van der Waals surface area contributed by atoms with E-state index >= 15 is 0 Å². The number of amides is 3. The van der Waals surface area contributed by atoms with E-state index in [0.29, 0.717) is 59.2 Å². The van der Waals surface area contributed by atoms with Gasteiger partial charge in [0.1, 0.15) is 29.8 Å². The first-order valence-corrected chi connectivity index (χ1v) is 24.8. The number of aromatic amines is 2. The fourth-order valence-electron chi connectivity index (χ4n) is 12.3. The van der Waals surface area contributed by atoms with Crippen LogP contribution in [0.15, 0.2) is 109 Å². The molecule has 1 aliphatic heterocycles. The summed E-state index contributed by atoms with van der Waals surface area (Å²) in [5.74, 6) is 3.49. The molecule has 0 spiro atoms. The number of nitrogens with one attached hydrogen (secondary N) is 4. The van der Waals surface area contributed by atoms with Crippen LogP contribution in [-0.2, 0) is 21.1 Å². The molecular formula is C55H54ClN5O7. The number of H-pyrrole nitrogens is 2. The summed E-state index contributed by atoms with van der Waals surface area (Å²) in [6.45, 7) is 0.672. The van der Waals surface area contributed by atoms with Gasteiger partial charge in [0, 0.05) is 69.4 Å². The van der Waals surface area contributed by atoms with Crippen molar-refractivity contribution in [3.05, 3.63) is 132 Å². The zero-order chi connectivity index (χ0) is 45.9. The second-order valence-electron chi connectivity index (χ2n) is 19.8. The summed E-state index contributed by atoms with van der Waals surface area (Å²) in [5.41, 5.74) is 6.45. The van der Waals surface area contributed by atoms with E-state index in [1.807, 2.05) is 103 Å². The van der Waals surface area contributed by atoms with Gasteiger partial charge in [-0.25, -0.2) is 14.6 Å². The predicted molar refractivity (Wildman–Crippen MR) is 264 cm³/mol. The molecule has 3 atom stereocenters. The predicted octanol–water partition coefficient (Wildman–Crippen LogP) is 12.2. The van der Waals surface area contributed by atoms with Crippen molar-refractivity contribution in [2.75, 3.05) is 28.0 Å². The highest BCUT2D eigenvalue weighted by Crippen LogP contribution is 2.55. The monoisotopic (exact) mass is 931 g/mol. The number of nitrogens with zero attached hydrogens (tertiary/aromatic N) is 1. The third kappa shape index (κ3) is 8.36. The maximum Gasteiger partial charge on any atom is 0.411 e. The Bertz CT molecular complexity index is 2990. The van der Waals surface area contributed by atoms with E-state index in [4.69, 9.17) is 30.8 Å². The van der Waals surface area contributed by atoms with Crippen LogP contribution in [0.2, 0.25) is 0 Å². The van der Waals surface area contributed by atoms with Gasteiger partial charge in [0.25, 0.3) is 11.8 Å². The molecule has 3 amide bonds. The van der Waals surface area contributed by atoms with Crippen molar-refractivity contribution in [1.29, 1.82) is 0 Å². The molecule has 4 N–H and O–H groups in total. The summed E-state index contributed by atoms with van der Waals surface area (Å²) in [5, 5.41) is 9.54. The lowest BCUT2D eigenvalue weighted by molar-refractivity contribution is -0.385. The van der Waals surface area contributed by atoms with Crippen LogP contribution in [0, 0.1) is 23.7 Å². The van der Waals surface area contributed by atoms with E-state index in [0.717, 1.165) is 80.5 Å². The number of alkyl halides is 1. The Labute approximate surface area is 398 Å². The Morgan fingerprint density at radius 2 is 1.38 bits per heavy atom. The number of anilines is 3. The molecule has 12 nitrogen and oxygen atoms in total. The van der Waals surface area contributed by atoms with Crippen molar-refractivity contribution in [1.82, 2.24) is 9.97 Å². The molecule has 3 heterocycles. The lowest BCUT2D eigenvalue weighted by Gasteiger charge is -2.53. The average molecular weight is 933 g/mol. The van der Waals surface area contributed by atoms with Gasteiger partial charge in [0.2, 0.25) is 0 Å². The first kappa shape index (κ1) is 43.0. The molecule has 4 bridgehead atoms. The zero-order valence-electron chi connectivity index (χ0n) is 37.7. The quantitative estimate of drug-likeness (QED) is 0.0542. The third-order valence-electron chi connectivity index (χ3n) is 15.3. The Kier molecular flexibility index (Phi) is 11.3. The summed E-state index contributed by atoms with van der Waals surface area (Å²) in [4.78, 5) is 61.2. The van der Waals surface area contributed by atoms with Crippen molar-refractivity contribution in [2.24, 2.45) is 23.7 Å². The van der Waals surface area contributed by atoms with Gasteiger partial charge in [0.05, 0.1) is 17.9 Å². The summed E-state index contributed by atoms with van der Waals surface area (Å²) in [6.07, 6.45) is 9.25. The molecule has 2 unspecified atom stereocenters. The molecule has 68 heavy (non-hydrogen) atoms. The molecule has 7 aromatic rings. The van der Waals surface area contributed by atoms with Gasteiger partial charge in [-0.15, -0.1) is 11.6 Å². The second-order valence-corrected chi connectivity index (χ2v) is 20.2. The first-order chi connectivity index (χ1) is 33.3. The third-order valence-corrected chi connectivity index (χ3v) is 15.7. The van der Waals surface area contributed by atoms with Crippen LogP contribution in [0.3, 0.4) is 0 Å². The number of hydrogen-bond acceptors (Lipinski definition) is 7. The smallest absolute Gasteiger partial charge is 0.411 e. The SMILES string of the molecule is O=C(Nc1ccc(COc2cc3c(c4ccccc24)C(CCl)CN3C(=O)c2cc3cc(NC(=O)c4cc5ccccc5[nH]4)ccc3[nH]2)cc1)OC1CCC[C@@H](OOC2C3CC4CC(C3)CC2C4)C1. The van der Waals surface area contributed by atoms with Crippen molar-refractivity contribution in [3.8, 4) is 5.75 Å². The molecule has 13 heteroatoms. The number of hydrogen-bond donors (Lipinski definition) is 4. The highest BCUT2D eigenvalue weighted by molar-refractivity contribution is 6.19. The standard InChI is InChI=1S/C55H54ClN5O7/c56-28-38-29-61(54(63)48-25-35-23-40(16-17-46(35)60-48)57-53(62)47-24-34-6-1-4-11-45(34)59-47)49-27-50(43-9-2-3-10-44(43)51(38)49)65-30-31-12-14-39(15-13-31)58-55(64)66-41-7-5-8-42(26-41)67-68-52-36-19-32-18-33(21-36)22-37(52)20-32/h1-4,6,9-17,23-25,27,32-33,36-38,41-42,52,59-60H,5,7-8,18-22,26,28-30H2,(H,57,62)(H,58,64)/t32?,33?,36?,37?,38?,41?,42-,52?/m1/s1. The fraction of sp³-hybridized carbons (Fsp3) is 0.364. The zero-order valence-corrected chi connectivity index (χ0v) is 38.4. The van der Waals surface area contributed by atoms with Gasteiger partial charge < -0.3 is 29.7 Å².